The van der Waals surface area contributed by atoms with Crippen LogP contribution in [0.2, 0.25) is 0 Å². The van der Waals surface area contributed by atoms with Gasteiger partial charge in [-0.05, 0) is 48.9 Å². The molecule has 0 saturated heterocycles. The van der Waals surface area contributed by atoms with Gasteiger partial charge in [-0.3, -0.25) is 25.2 Å². The van der Waals surface area contributed by atoms with E-state index in [2.05, 4.69) is 17.2 Å². The molecule has 39 heavy (non-hydrogen) atoms. The van der Waals surface area contributed by atoms with Crippen molar-refractivity contribution in [2.45, 2.75) is 35.3 Å². The molecule has 1 N–H and O–H groups in total. The Labute approximate surface area is 226 Å². The Morgan fingerprint density at radius 2 is 1.92 bits per heavy atom. The fourth-order valence-electron chi connectivity index (χ4n) is 4.46. The maximum Gasteiger partial charge on any atom is 0.339 e. The number of anilines is 1. The van der Waals surface area contributed by atoms with Gasteiger partial charge < -0.3 is 4.74 Å². The summed E-state index contributed by atoms with van der Waals surface area (Å²) < 4.78 is 30.9. The zero-order valence-corrected chi connectivity index (χ0v) is 22.3. The quantitative estimate of drug-likeness (QED) is 0.195. The molecule has 0 fully saturated rings. The lowest BCUT2D eigenvalue weighted by atomic mass is 9.84. The number of benzene rings is 2. The molecule has 5 rings (SSSR count). The summed E-state index contributed by atoms with van der Waals surface area (Å²) in [6.07, 6.45) is 3.51. The minimum Gasteiger partial charge on any atom is -0.452 e. The number of para-hydroxylation sites is 1. The number of ether oxygens (including phenoxy) is 1. The van der Waals surface area contributed by atoms with E-state index >= 15 is 0 Å². The second kappa shape index (κ2) is 10.5. The molecule has 0 aliphatic heterocycles. The summed E-state index contributed by atoms with van der Waals surface area (Å²) in [7, 11) is -4.00. The van der Waals surface area contributed by atoms with E-state index in [1.165, 1.54) is 0 Å². The van der Waals surface area contributed by atoms with Gasteiger partial charge in [0.2, 0.25) is 9.84 Å². The SMILES string of the molecule is CC1CCc2nc3ccccc3c(C(=O)OCC(=O)Nc3ncc(S(=O)(=O)c4ccc([N+](=O)[O-])cc4)s3)c2C1. The molecule has 1 atom stereocenters. The molecule has 1 aliphatic rings. The number of hydrogen-bond acceptors (Lipinski definition) is 10. The van der Waals surface area contributed by atoms with E-state index in [1.807, 2.05) is 18.2 Å². The molecule has 2 aromatic carbocycles. The molecular weight excluding hydrogens is 544 g/mol. The van der Waals surface area contributed by atoms with Crippen molar-refractivity contribution < 1.29 is 27.7 Å². The highest BCUT2D eigenvalue weighted by Crippen LogP contribution is 2.32. The number of nitro benzene ring substituents is 1. The van der Waals surface area contributed by atoms with Crippen molar-refractivity contribution in [3.8, 4) is 0 Å². The summed E-state index contributed by atoms with van der Waals surface area (Å²) in [5, 5.41) is 13.9. The highest BCUT2D eigenvalue weighted by atomic mass is 32.2. The Balaban J connectivity index is 1.28. The highest BCUT2D eigenvalue weighted by Gasteiger charge is 2.27. The van der Waals surface area contributed by atoms with Gasteiger partial charge in [0.1, 0.15) is 4.21 Å². The molecule has 11 nitrogen and oxygen atoms in total. The number of pyridine rings is 1. The third-order valence-electron chi connectivity index (χ3n) is 6.40. The van der Waals surface area contributed by atoms with Crippen LogP contribution in [-0.4, -0.2) is 41.8 Å². The number of rotatable bonds is 7. The van der Waals surface area contributed by atoms with Gasteiger partial charge in [-0.1, -0.05) is 36.5 Å². The minimum absolute atomic E-state index is 0.00268. The smallest absolute Gasteiger partial charge is 0.339 e. The van der Waals surface area contributed by atoms with Gasteiger partial charge in [0.25, 0.3) is 11.6 Å². The lowest BCUT2D eigenvalue weighted by molar-refractivity contribution is -0.384. The van der Waals surface area contributed by atoms with Crippen LogP contribution in [0.1, 0.15) is 35.0 Å². The molecule has 1 unspecified atom stereocenters. The van der Waals surface area contributed by atoms with Gasteiger partial charge in [-0.25, -0.2) is 18.2 Å². The first-order valence-electron chi connectivity index (χ1n) is 12.0. The molecule has 0 saturated carbocycles. The van der Waals surface area contributed by atoms with Crippen molar-refractivity contribution in [3.05, 3.63) is 81.7 Å². The van der Waals surface area contributed by atoms with Crippen LogP contribution in [0.3, 0.4) is 0 Å². The second-order valence-electron chi connectivity index (χ2n) is 9.14. The summed E-state index contributed by atoms with van der Waals surface area (Å²) in [5.41, 5.74) is 2.58. The standard InChI is InChI=1S/C26H22N4O7S2/c1-15-6-11-21-19(12-15)24(18-4-2-3-5-20(18)28-21)25(32)37-14-22(31)29-26-27-13-23(38-26)39(35,36)17-9-7-16(8-10-17)30(33)34/h2-5,7-10,13,15H,6,11-12,14H2,1H3,(H,27,29,31). The molecule has 13 heteroatoms. The van der Waals surface area contributed by atoms with E-state index in [9.17, 15) is 28.1 Å². The van der Waals surface area contributed by atoms with E-state index in [4.69, 9.17) is 9.72 Å². The summed E-state index contributed by atoms with van der Waals surface area (Å²) in [6.45, 7) is 1.52. The van der Waals surface area contributed by atoms with Crippen LogP contribution in [0.4, 0.5) is 10.8 Å². The summed E-state index contributed by atoms with van der Waals surface area (Å²) in [6, 6.07) is 11.8. The molecule has 1 amide bonds. The van der Waals surface area contributed by atoms with Crippen LogP contribution < -0.4 is 5.32 Å². The van der Waals surface area contributed by atoms with Gasteiger partial charge in [0.05, 0.1) is 27.1 Å². The highest BCUT2D eigenvalue weighted by molar-refractivity contribution is 7.93. The van der Waals surface area contributed by atoms with Gasteiger partial charge in [0.15, 0.2) is 11.7 Å². The number of nitrogens with one attached hydrogen (secondary N) is 1. The number of aromatic nitrogens is 2. The zero-order chi connectivity index (χ0) is 27.7. The van der Waals surface area contributed by atoms with Crippen LogP contribution in [0, 0.1) is 16.0 Å². The monoisotopic (exact) mass is 566 g/mol. The minimum atomic E-state index is -4.00. The van der Waals surface area contributed by atoms with Crippen LogP contribution in [-0.2, 0) is 32.2 Å². The number of aryl methyl sites for hydroxylation is 1. The van der Waals surface area contributed by atoms with Gasteiger partial charge >= 0.3 is 5.97 Å². The zero-order valence-electron chi connectivity index (χ0n) is 20.6. The normalized spacial score (nSPS) is 14.9. The molecule has 0 spiro atoms. The molecule has 4 aromatic rings. The first kappa shape index (κ1) is 26.4. The lowest BCUT2D eigenvalue weighted by Crippen LogP contribution is -2.23. The molecule has 0 bridgehead atoms. The fraction of sp³-hybridized carbons (Fsp3) is 0.231. The molecule has 2 aromatic heterocycles. The van der Waals surface area contributed by atoms with Crippen LogP contribution in [0.5, 0.6) is 0 Å². The average Bonchev–Trinajstić information content (AvgIpc) is 3.40. The molecule has 200 valence electrons. The number of nitrogens with zero attached hydrogens (tertiary/aromatic N) is 3. The third kappa shape index (κ3) is 5.36. The maximum absolute atomic E-state index is 13.2. The predicted octanol–water partition coefficient (Wildman–Crippen LogP) is 4.35. The summed E-state index contributed by atoms with van der Waals surface area (Å²) in [4.78, 5) is 44.4. The average molecular weight is 567 g/mol. The molecule has 2 heterocycles. The Hall–Kier alpha value is -4.23. The van der Waals surface area contributed by atoms with Crippen LogP contribution in [0.25, 0.3) is 10.9 Å². The Bertz CT molecular complexity index is 1720. The van der Waals surface area contributed by atoms with E-state index in [0.717, 1.165) is 54.6 Å². The topological polar surface area (TPSA) is 158 Å². The number of hydrogen-bond donors (Lipinski definition) is 1. The third-order valence-corrected chi connectivity index (χ3v) is 9.54. The number of sulfone groups is 1. The molecule has 1 aliphatic carbocycles. The number of thiazole rings is 1. The molecule has 0 radical (unpaired) electrons. The van der Waals surface area contributed by atoms with Crippen LogP contribution >= 0.6 is 11.3 Å². The Kier molecular flexibility index (Phi) is 7.10. The number of carbonyl (C=O) groups is 2. The molecular formula is C26H22N4O7S2. The Morgan fingerprint density at radius 1 is 1.18 bits per heavy atom. The summed E-state index contributed by atoms with van der Waals surface area (Å²) >= 11 is 0.711. The van der Waals surface area contributed by atoms with Gasteiger partial charge in [0, 0.05) is 23.2 Å². The first-order valence-corrected chi connectivity index (χ1v) is 14.3. The van der Waals surface area contributed by atoms with Crippen molar-refractivity contribution in [2.75, 3.05) is 11.9 Å². The largest absolute Gasteiger partial charge is 0.452 e. The van der Waals surface area contributed by atoms with Crippen LogP contribution in [0.15, 0.2) is 63.8 Å². The van der Waals surface area contributed by atoms with E-state index in [0.29, 0.717) is 40.1 Å². The summed E-state index contributed by atoms with van der Waals surface area (Å²) in [5.74, 6) is -0.927. The van der Waals surface area contributed by atoms with E-state index < -0.39 is 33.2 Å². The van der Waals surface area contributed by atoms with Gasteiger partial charge in [-0.15, -0.1) is 0 Å². The number of nitro groups is 1. The number of non-ortho nitro benzene ring substituents is 1. The number of carbonyl (C=O) groups excluding carboxylic acids is 2. The van der Waals surface area contributed by atoms with Crippen molar-refractivity contribution in [3.63, 3.8) is 0 Å². The van der Waals surface area contributed by atoms with Crippen molar-refractivity contribution in [1.82, 2.24) is 9.97 Å². The van der Waals surface area contributed by atoms with Crippen molar-refractivity contribution >= 4 is 54.8 Å². The number of amides is 1. The fourth-order valence-corrected chi connectivity index (χ4v) is 6.91. The second-order valence-corrected chi connectivity index (χ2v) is 12.3. The lowest BCUT2D eigenvalue weighted by Gasteiger charge is -2.24. The van der Waals surface area contributed by atoms with Crippen molar-refractivity contribution in [2.24, 2.45) is 5.92 Å². The van der Waals surface area contributed by atoms with Gasteiger partial charge in [-0.2, -0.15) is 0 Å². The maximum atomic E-state index is 13.2. The first-order chi connectivity index (χ1) is 18.6. The number of fused-ring (bicyclic) bond motifs is 2. The number of esters is 1. The van der Waals surface area contributed by atoms with E-state index in [1.54, 1.807) is 6.07 Å². The van der Waals surface area contributed by atoms with E-state index in [-0.39, 0.29) is 19.9 Å². The Morgan fingerprint density at radius 3 is 2.67 bits per heavy atom. The van der Waals surface area contributed by atoms with Crippen molar-refractivity contribution in [1.29, 1.82) is 0 Å². The predicted molar refractivity (Wildman–Crippen MR) is 143 cm³/mol.